The summed E-state index contributed by atoms with van der Waals surface area (Å²) < 4.78 is 22.5. The minimum atomic E-state index is -0.465. The number of allylic oxidation sites excluding steroid dienone is 1. The lowest BCUT2D eigenvalue weighted by molar-refractivity contribution is 0.0877. The molecular formula is C27H30N4O5. The molecule has 1 saturated heterocycles. The number of carbonyl (C=O) groups is 1. The first-order valence-corrected chi connectivity index (χ1v) is 12.2. The molecule has 0 spiro atoms. The quantitative estimate of drug-likeness (QED) is 0.483. The molecule has 1 fully saturated rings. The minimum Gasteiger partial charge on any atom is -0.497 e. The number of benzene rings is 2. The Kier molecular flexibility index (Phi) is 6.90. The summed E-state index contributed by atoms with van der Waals surface area (Å²) in [5.41, 5.74) is 3.17. The Bertz CT molecular complexity index is 1250. The van der Waals surface area contributed by atoms with Gasteiger partial charge in [0.15, 0.2) is 0 Å². The van der Waals surface area contributed by atoms with Crippen molar-refractivity contribution < 1.29 is 23.5 Å². The molecule has 188 valence electrons. The summed E-state index contributed by atoms with van der Waals surface area (Å²) in [5, 5.41) is 7.37. The van der Waals surface area contributed by atoms with E-state index in [1.807, 2.05) is 62.4 Å². The zero-order chi connectivity index (χ0) is 25.1. The zero-order valence-electron chi connectivity index (χ0n) is 20.7. The van der Waals surface area contributed by atoms with Crippen molar-refractivity contribution in [2.24, 2.45) is 0 Å². The van der Waals surface area contributed by atoms with E-state index in [-0.39, 0.29) is 12.1 Å². The van der Waals surface area contributed by atoms with Gasteiger partial charge >= 0.3 is 6.03 Å². The van der Waals surface area contributed by atoms with Gasteiger partial charge in [-0.2, -0.15) is 4.98 Å². The second kappa shape index (κ2) is 10.4. The summed E-state index contributed by atoms with van der Waals surface area (Å²) in [6.07, 6.45) is 1.93. The molecule has 1 aromatic heterocycles. The number of nitrogens with zero attached hydrogens (tertiary/aromatic N) is 3. The fourth-order valence-electron chi connectivity index (χ4n) is 4.66. The Hall–Kier alpha value is -3.85. The molecule has 2 amide bonds. The minimum absolute atomic E-state index is 0.00371. The third-order valence-corrected chi connectivity index (χ3v) is 6.52. The van der Waals surface area contributed by atoms with Gasteiger partial charge < -0.3 is 24.1 Å². The Morgan fingerprint density at radius 2 is 2.00 bits per heavy atom. The van der Waals surface area contributed by atoms with E-state index in [4.69, 9.17) is 23.7 Å². The van der Waals surface area contributed by atoms with Crippen LogP contribution in [0.25, 0.3) is 17.0 Å². The highest BCUT2D eigenvalue weighted by Crippen LogP contribution is 2.38. The number of ether oxygens (including phenoxy) is 3. The summed E-state index contributed by atoms with van der Waals surface area (Å²) in [4.78, 5) is 19.7. The summed E-state index contributed by atoms with van der Waals surface area (Å²) in [6, 6.07) is 14.5. The van der Waals surface area contributed by atoms with Gasteiger partial charge in [-0.3, -0.25) is 4.90 Å². The molecule has 0 aliphatic carbocycles. The average Bonchev–Trinajstić information content (AvgIpc) is 3.60. The summed E-state index contributed by atoms with van der Waals surface area (Å²) in [6.45, 7) is 5.63. The second-order valence-corrected chi connectivity index (χ2v) is 8.78. The smallest absolute Gasteiger partial charge is 0.322 e. The SMILES string of the molecule is CCOc1ccc(C2NC(=O)N(CC3CCCO3)C(C)=C2c2nc(-c3cccc(OC)c3)no2)cc1. The maximum atomic E-state index is 13.2. The van der Waals surface area contributed by atoms with Gasteiger partial charge in [0, 0.05) is 17.9 Å². The van der Waals surface area contributed by atoms with Crippen molar-refractivity contribution in [3.63, 3.8) is 0 Å². The highest BCUT2D eigenvalue weighted by Gasteiger charge is 2.37. The van der Waals surface area contributed by atoms with Crippen LogP contribution in [0.1, 0.15) is 44.2 Å². The van der Waals surface area contributed by atoms with Crippen LogP contribution in [0, 0.1) is 0 Å². The molecule has 9 nitrogen and oxygen atoms in total. The Balaban J connectivity index is 1.54. The van der Waals surface area contributed by atoms with E-state index in [1.54, 1.807) is 12.0 Å². The number of nitrogens with one attached hydrogen (secondary N) is 1. The normalized spacial score (nSPS) is 20.0. The van der Waals surface area contributed by atoms with Crippen molar-refractivity contribution in [1.29, 1.82) is 0 Å². The number of methoxy groups -OCH3 is 1. The van der Waals surface area contributed by atoms with Crippen molar-refractivity contribution in [1.82, 2.24) is 20.4 Å². The Morgan fingerprint density at radius 1 is 1.17 bits per heavy atom. The van der Waals surface area contributed by atoms with E-state index >= 15 is 0 Å². The first-order valence-electron chi connectivity index (χ1n) is 12.2. The number of aromatic nitrogens is 2. The first-order chi connectivity index (χ1) is 17.6. The van der Waals surface area contributed by atoms with Crippen LogP contribution in [0.3, 0.4) is 0 Å². The van der Waals surface area contributed by atoms with Crippen molar-refractivity contribution in [2.75, 3.05) is 26.9 Å². The van der Waals surface area contributed by atoms with Gasteiger partial charge in [0.1, 0.15) is 11.5 Å². The van der Waals surface area contributed by atoms with Gasteiger partial charge in [-0.25, -0.2) is 4.79 Å². The molecule has 0 bridgehead atoms. The monoisotopic (exact) mass is 490 g/mol. The van der Waals surface area contributed by atoms with Crippen LogP contribution < -0.4 is 14.8 Å². The predicted molar refractivity (Wildman–Crippen MR) is 133 cm³/mol. The molecule has 1 N–H and O–H groups in total. The van der Waals surface area contributed by atoms with Gasteiger partial charge in [0.25, 0.3) is 5.89 Å². The van der Waals surface area contributed by atoms with Gasteiger partial charge in [-0.05, 0) is 56.5 Å². The number of rotatable bonds is 8. The Labute approximate surface area is 210 Å². The van der Waals surface area contributed by atoms with Crippen molar-refractivity contribution in [2.45, 2.75) is 38.8 Å². The maximum absolute atomic E-state index is 13.2. The molecule has 3 heterocycles. The number of hydrogen-bond donors (Lipinski definition) is 1. The third kappa shape index (κ3) is 4.79. The summed E-state index contributed by atoms with van der Waals surface area (Å²) in [5.74, 6) is 2.26. The standard InChI is InChI=1S/C27H30N4O5/c1-4-34-20-12-10-18(11-13-20)24-23(17(2)31(27(32)28-24)16-22-9-6-14-35-22)26-29-25(30-36-26)19-7-5-8-21(15-19)33-3/h5,7-8,10-13,15,22,24H,4,6,9,14,16H2,1-3H3,(H,28,32). The lowest BCUT2D eigenvalue weighted by Crippen LogP contribution is -2.48. The summed E-state index contributed by atoms with van der Waals surface area (Å²) >= 11 is 0. The van der Waals surface area contributed by atoms with Crippen molar-refractivity contribution >= 4 is 11.6 Å². The highest BCUT2D eigenvalue weighted by atomic mass is 16.5. The van der Waals surface area contributed by atoms with E-state index in [2.05, 4.69) is 10.5 Å². The molecule has 2 aliphatic rings. The largest absolute Gasteiger partial charge is 0.497 e. The van der Waals surface area contributed by atoms with E-state index in [0.29, 0.717) is 30.6 Å². The fourth-order valence-corrected chi connectivity index (χ4v) is 4.66. The maximum Gasteiger partial charge on any atom is 0.322 e. The van der Waals surface area contributed by atoms with Gasteiger partial charge in [0.05, 0.1) is 38.0 Å². The fraction of sp³-hybridized carbons (Fsp3) is 0.370. The van der Waals surface area contributed by atoms with Crippen molar-refractivity contribution in [3.8, 4) is 22.9 Å². The molecular weight excluding hydrogens is 460 g/mol. The zero-order valence-corrected chi connectivity index (χ0v) is 20.7. The highest BCUT2D eigenvalue weighted by molar-refractivity contribution is 5.87. The molecule has 9 heteroatoms. The lowest BCUT2D eigenvalue weighted by Gasteiger charge is -2.36. The molecule has 2 aliphatic heterocycles. The van der Waals surface area contributed by atoms with E-state index < -0.39 is 6.04 Å². The number of hydrogen-bond acceptors (Lipinski definition) is 7. The van der Waals surface area contributed by atoms with Crippen LogP contribution >= 0.6 is 0 Å². The topological polar surface area (TPSA) is 99.0 Å². The molecule has 3 aromatic rings. The number of carbonyl (C=O) groups excluding carboxylic acids is 1. The van der Waals surface area contributed by atoms with Crippen LogP contribution in [0.15, 0.2) is 58.8 Å². The molecule has 2 unspecified atom stereocenters. The number of amides is 2. The number of urea groups is 1. The van der Waals surface area contributed by atoms with Crippen LogP contribution in [0.4, 0.5) is 4.79 Å². The summed E-state index contributed by atoms with van der Waals surface area (Å²) in [7, 11) is 1.61. The molecule has 5 rings (SSSR count). The first kappa shape index (κ1) is 23.9. The van der Waals surface area contributed by atoms with E-state index in [0.717, 1.165) is 47.6 Å². The average molecular weight is 491 g/mol. The molecule has 2 atom stereocenters. The van der Waals surface area contributed by atoms with Crippen LogP contribution in [-0.2, 0) is 4.74 Å². The van der Waals surface area contributed by atoms with E-state index in [9.17, 15) is 4.79 Å². The van der Waals surface area contributed by atoms with Gasteiger partial charge in [0.2, 0.25) is 5.82 Å². The van der Waals surface area contributed by atoms with Crippen LogP contribution in [-0.4, -0.2) is 54.0 Å². The van der Waals surface area contributed by atoms with Crippen molar-refractivity contribution in [3.05, 3.63) is 65.7 Å². The molecule has 2 aromatic carbocycles. The van der Waals surface area contributed by atoms with Crippen LogP contribution in [0.5, 0.6) is 11.5 Å². The van der Waals surface area contributed by atoms with Crippen LogP contribution in [0.2, 0.25) is 0 Å². The lowest BCUT2D eigenvalue weighted by atomic mass is 9.94. The second-order valence-electron chi connectivity index (χ2n) is 8.78. The molecule has 0 saturated carbocycles. The van der Waals surface area contributed by atoms with Gasteiger partial charge in [-0.15, -0.1) is 0 Å². The third-order valence-electron chi connectivity index (χ3n) is 6.52. The molecule has 0 radical (unpaired) electrons. The predicted octanol–water partition coefficient (Wildman–Crippen LogP) is 4.82. The van der Waals surface area contributed by atoms with E-state index in [1.165, 1.54) is 0 Å². The Morgan fingerprint density at radius 3 is 2.72 bits per heavy atom. The van der Waals surface area contributed by atoms with Gasteiger partial charge in [-0.1, -0.05) is 29.4 Å². The molecule has 36 heavy (non-hydrogen) atoms.